The van der Waals surface area contributed by atoms with Crippen LogP contribution in [0.1, 0.15) is 6.42 Å². The molecule has 0 heterocycles. The summed E-state index contributed by atoms with van der Waals surface area (Å²) in [5, 5.41) is 8.09. The molecule has 3 N–H and O–H groups in total. The van der Waals surface area contributed by atoms with Gasteiger partial charge in [0.1, 0.15) is 5.75 Å². The van der Waals surface area contributed by atoms with Gasteiger partial charge in [-0.25, -0.2) is 13.6 Å². The lowest BCUT2D eigenvalue weighted by molar-refractivity contribution is -0.115. The van der Waals surface area contributed by atoms with Crippen molar-refractivity contribution in [3.8, 4) is 5.75 Å². The SMILES string of the molecule is COc1ccc(S(N)(=O)=O)cc1NC(=O)CCBr. The van der Waals surface area contributed by atoms with Crippen LogP contribution < -0.4 is 15.2 Å². The van der Waals surface area contributed by atoms with Crippen molar-refractivity contribution in [1.29, 1.82) is 0 Å². The van der Waals surface area contributed by atoms with Gasteiger partial charge in [0.25, 0.3) is 0 Å². The normalized spacial score (nSPS) is 11.1. The fraction of sp³-hybridized carbons (Fsp3) is 0.300. The molecule has 8 heteroatoms. The minimum Gasteiger partial charge on any atom is -0.495 e. The maximum Gasteiger partial charge on any atom is 0.238 e. The lowest BCUT2D eigenvalue weighted by Gasteiger charge is -2.11. The molecule has 0 radical (unpaired) electrons. The number of halogens is 1. The van der Waals surface area contributed by atoms with E-state index in [4.69, 9.17) is 9.88 Å². The fourth-order valence-electron chi connectivity index (χ4n) is 1.26. The first kappa shape index (κ1) is 14.9. The zero-order valence-electron chi connectivity index (χ0n) is 9.64. The molecule has 0 atom stereocenters. The summed E-state index contributed by atoms with van der Waals surface area (Å²) in [5.74, 6) is 0.113. The largest absolute Gasteiger partial charge is 0.495 e. The quantitative estimate of drug-likeness (QED) is 0.785. The first-order valence-corrected chi connectivity index (χ1v) is 7.62. The van der Waals surface area contributed by atoms with Crippen molar-refractivity contribution >= 4 is 37.5 Å². The van der Waals surface area contributed by atoms with Crippen LogP contribution in [0.15, 0.2) is 23.1 Å². The molecule has 1 rings (SSSR count). The maximum absolute atomic E-state index is 11.5. The molecule has 1 amide bonds. The third-order valence-electron chi connectivity index (χ3n) is 2.10. The van der Waals surface area contributed by atoms with E-state index in [1.807, 2.05) is 0 Å². The number of carbonyl (C=O) groups is 1. The second kappa shape index (κ2) is 6.17. The van der Waals surface area contributed by atoms with Crippen molar-refractivity contribution in [2.24, 2.45) is 5.14 Å². The Bertz CT molecular complexity index is 545. The molecule has 1 aromatic carbocycles. The Kier molecular flexibility index (Phi) is 5.12. The van der Waals surface area contributed by atoms with Crippen LogP contribution in [0.3, 0.4) is 0 Å². The molecule has 0 unspecified atom stereocenters. The van der Waals surface area contributed by atoms with Crippen LogP contribution in [0.5, 0.6) is 5.75 Å². The number of hydrogen-bond acceptors (Lipinski definition) is 4. The van der Waals surface area contributed by atoms with Crippen LogP contribution >= 0.6 is 15.9 Å². The number of amides is 1. The third-order valence-corrected chi connectivity index (χ3v) is 3.40. The first-order valence-electron chi connectivity index (χ1n) is 4.95. The number of anilines is 1. The Hall–Kier alpha value is -1.12. The number of methoxy groups -OCH3 is 1. The van der Waals surface area contributed by atoms with Crippen LogP contribution in [0.2, 0.25) is 0 Å². The van der Waals surface area contributed by atoms with Gasteiger partial charge in [-0.1, -0.05) is 15.9 Å². The minimum atomic E-state index is -3.81. The van der Waals surface area contributed by atoms with Crippen molar-refractivity contribution in [3.63, 3.8) is 0 Å². The molecule has 0 saturated carbocycles. The molecular formula is C10H13BrN2O4S. The van der Waals surface area contributed by atoms with Gasteiger partial charge in [-0.15, -0.1) is 0 Å². The lowest BCUT2D eigenvalue weighted by atomic mass is 10.3. The number of ether oxygens (including phenoxy) is 1. The van der Waals surface area contributed by atoms with Crippen molar-refractivity contribution in [3.05, 3.63) is 18.2 Å². The smallest absolute Gasteiger partial charge is 0.238 e. The highest BCUT2D eigenvalue weighted by molar-refractivity contribution is 9.09. The van der Waals surface area contributed by atoms with Gasteiger partial charge in [0.2, 0.25) is 15.9 Å². The number of alkyl halides is 1. The van der Waals surface area contributed by atoms with E-state index in [1.54, 1.807) is 0 Å². The van der Waals surface area contributed by atoms with Gasteiger partial charge in [0, 0.05) is 11.8 Å². The highest BCUT2D eigenvalue weighted by Gasteiger charge is 2.13. The molecule has 0 spiro atoms. The number of hydrogen-bond donors (Lipinski definition) is 2. The van der Waals surface area contributed by atoms with Crippen LogP contribution in [-0.4, -0.2) is 26.8 Å². The Labute approximate surface area is 114 Å². The van der Waals surface area contributed by atoms with E-state index in [0.29, 0.717) is 11.1 Å². The molecule has 1 aromatic rings. The predicted octanol–water partition coefficient (Wildman–Crippen LogP) is 1.07. The van der Waals surface area contributed by atoms with E-state index in [9.17, 15) is 13.2 Å². The molecule has 0 bridgehead atoms. The fourth-order valence-corrected chi connectivity index (χ4v) is 2.16. The van der Waals surface area contributed by atoms with Gasteiger partial charge in [0.15, 0.2) is 0 Å². The molecular weight excluding hydrogens is 324 g/mol. The number of rotatable bonds is 5. The molecule has 0 aliphatic rings. The van der Waals surface area contributed by atoms with E-state index >= 15 is 0 Å². The molecule has 6 nitrogen and oxygen atoms in total. The summed E-state index contributed by atoms with van der Waals surface area (Å²) in [5.41, 5.74) is 0.273. The number of nitrogens with two attached hydrogens (primary N) is 1. The highest BCUT2D eigenvalue weighted by Crippen LogP contribution is 2.27. The average molecular weight is 337 g/mol. The van der Waals surface area contributed by atoms with E-state index in [-0.39, 0.29) is 22.9 Å². The summed E-state index contributed by atoms with van der Waals surface area (Å²) < 4.78 is 27.5. The molecule has 0 aliphatic heterocycles. The molecule has 100 valence electrons. The molecule has 18 heavy (non-hydrogen) atoms. The Balaban J connectivity index is 3.11. The zero-order valence-corrected chi connectivity index (χ0v) is 12.0. The maximum atomic E-state index is 11.5. The van der Waals surface area contributed by atoms with E-state index < -0.39 is 10.0 Å². The van der Waals surface area contributed by atoms with Crippen LogP contribution in [0.4, 0.5) is 5.69 Å². The summed E-state index contributed by atoms with van der Waals surface area (Å²) in [6, 6.07) is 4.01. The zero-order chi connectivity index (χ0) is 13.8. The summed E-state index contributed by atoms with van der Waals surface area (Å²) in [4.78, 5) is 11.4. The van der Waals surface area contributed by atoms with E-state index in [0.717, 1.165) is 0 Å². The second-order valence-corrected chi connectivity index (χ2v) is 5.75. The number of sulfonamides is 1. The van der Waals surface area contributed by atoms with Crippen molar-refractivity contribution in [2.75, 3.05) is 17.8 Å². The van der Waals surface area contributed by atoms with Gasteiger partial charge in [-0.05, 0) is 18.2 Å². The Morgan fingerprint density at radius 1 is 1.50 bits per heavy atom. The molecule has 0 fully saturated rings. The second-order valence-electron chi connectivity index (χ2n) is 3.39. The number of benzene rings is 1. The van der Waals surface area contributed by atoms with Crippen LogP contribution in [0.25, 0.3) is 0 Å². The molecule has 0 aliphatic carbocycles. The van der Waals surface area contributed by atoms with Gasteiger partial charge in [-0.2, -0.15) is 0 Å². The topological polar surface area (TPSA) is 98.5 Å². The van der Waals surface area contributed by atoms with Gasteiger partial charge < -0.3 is 10.1 Å². The van der Waals surface area contributed by atoms with E-state index in [1.165, 1.54) is 25.3 Å². The summed E-state index contributed by atoms with van der Waals surface area (Å²) in [6.07, 6.45) is 0.267. The minimum absolute atomic E-state index is 0.0857. The van der Waals surface area contributed by atoms with Crippen molar-refractivity contribution < 1.29 is 17.9 Å². The third kappa shape index (κ3) is 3.97. The van der Waals surface area contributed by atoms with E-state index in [2.05, 4.69) is 21.2 Å². The summed E-state index contributed by atoms with van der Waals surface area (Å²) in [6.45, 7) is 0. The van der Waals surface area contributed by atoms with Crippen LogP contribution in [-0.2, 0) is 14.8 Å². The lowest BCUT2D eigenvalue weighted by Crippen LogP contribution is -2.15. The summed E-state index contributed by atoms with van der Waals surface area (Å²) in [7, 11) is -2.39. The Morgan fingerprint density at radius 3 is 2.67 bits per heavy atom. The van der Waals surface area contributed by atoms with Crippen LogP contribution in [0, 0.1) is 0 Å². The first-order chi connectivity index (χ1) is 8.38. The van der Waals surface area contributed by atoms with Gasteiger partial charge in [0.05, 0.1) is 17.7 Å². The van der Waals surface area contributed by atoms with Crippen molar-refractivity contribution in [2.45, 2.75) is 11.3 Å². The standard InChI is InChI=1S/C10H13BrN2O4S/c1-17-9-3-2-7(18(12,15)16)6-8(9)13-10(14)4-5-11/h2-3,6H,4-5H2,1H3,(H,13,14)(H2,12,15,16). The number of primary sulfonamides is 1. The molecule has 0 aromatic heterocycles. The number of carbonyl (C=O) groups excluding carboxylic acids is 1. The summed E-state index contributed by atoms with van der Waals surface area (Å²) >= 11 is 3.14. The molecule has 0 saturated heterocycles. The van der Waals surface area contributed by atoms with Gasteiger partial charge >= 0.3 is 0 Å². The number of nitrogens with one attached hydrogen (secondary N) is 1. The highest BCUT2D eigenvalue weighted by atomic mass is 79.9. The van der Waals surface area contributed by atoms with Gasteiger partial charge in [-0.3, -0.25) is 4.79 Å². The Morgan fingerprint density at radius 2 is 2.17 bits per heavy atom. The monoisotopic (exact) mass is 336 g/mol. The average Bonchev–Trinajstić information content (AvgIpc) is 2.28. The van der Waals surface area contributed by atoms with Crippen molar-refractivity contribution in [1.82, 2.24) is 0 Å². The predicted molar refractivity (Wildman–Crippen MR) is 71.4 cm³/mol.